The lowest BCUT2D eigenvalue weighted by atomic mass is 9.74. The average molecular weight is 372 g/mol. The molecule has 0 saturated carbocycles. The summed E-state index contributed by atoms with van der Waals surface area (Å²) in [6.45, 7) is 1.48. The first-order valence-electron chi connectivity index (χ1n) is 9.14. The van der Waals surface area contributed by atoms with Gasteiger partial charge >= 0.3 is 0 Å². The largest absolute Gasteiger partial charge is 0.497 e. The lowest BCUT2D eigenvalue weighted by Gasteiger charge is -2.32. The molecular formula is C24H20O4. The molecule has 28 heavy (non-hydrogen) atoms. The molecule has 0 unspecified atom stereocenters. The van der Waals surface area contributed by atoms with Crippen LogP contribution in [0.25, 0.3) is 0 Å². The van der Waals surface area contributed by atoms with E-state index in [9.17, 15) is 9.59 Å². The summed E-state index contributed by atoms with van der Waals surface area (Å²) in [4.78, 5) is 26.1. The zero-order valence-electron chi connectivity index (χ0n) is 15.7. The van der Waals surface area contributed by atoms with Gasteiger partial charge in [-0.1, -0.05) is 48.5 Å². The number of methoxy groups -OCH3 is 1. The molecule has 0 spiro atoms. The number of carbonyl (C=O) groups is 2. The molecule has 1 aliphatic rings. The molecule has 3 aromatic rings. The Labute approximate surface area is 163 Å². The van der Waals surface area contributed by atoms with Crippen LogP contribution in [0.4, 0.5) is 0 Å². The van der Waals surface area contributed by atoms with Crippen LogP contribution >= 0.6 is 0 Å². The van der Waals surface area contributed by atoms with E-state index in [0.29, 0.717) is 22.8 Å². The first kappa shape index (κ1) is 18.0. The van der Waals surface area contributed by atoms with Gasteiger partial charge in [0.1, 0.15) is 23.0 Å². The summed E-state index contributed by atoms with van der Waals surface area (Å²) in [5.41, 5.74) is 2.13. The van der Waals surface area contributed by atoms with Crippen molar-refractivity contribution < 1.29 is 19.1 Å². The Balaban J connectivity index is 1.91. The molecule has 4 nitrogen and oxygen atoms in total. The van der Waals surface area contributed by atoms with Crippen molar-refractivity contribution in [1.29, 1.82) is 0 Å². The molecule has 4 rings (SSSR count). The molecule has 0 saturated heterocycles. The Morgan fingerprint density at radius 1 is 0.893 bits per heavy atom. The topological polar surface area (TPSA) is 52.6 Å². The van der Waals surface area contributed by atoms with Gasteiger partial charge in [0, 0.05) is 22.6 Å². The van der Waals surface area contributed by atoms with Gasteiger partial charge in [0.05, 0.1) is 13.0 Å². The Morgan fingerprint density at radius 3 is 2.29 bits per heavy atom. The number of carbonyl (C=O) groups excluding carboxylic acids is 2. The number of Topliss-reactive ketones (excluding diaryl/α,β-unsaturated/α-hetero) is 2. The summed E-state index contributed by atoms with van der Waals surface area (Å²) in [5.74, 6) is 0.293. The lowest BCUT2D eigenvalue weighted by molar-refractivity contribution is -0.119. The van der Waals surface area contributed by atoms with Crippen molar-refractivity contribution in [1.82, 2.24) is 0 Å². The van der Waals surface area contributed by atoms with Crippen LogP contribution in [0.2, 0.25) is 0 Å². The SMILES string of the molecule is COc1ccc2c(c1)[C@H]([C@@H](C(C)=O)C(=O)c1ccccc1)c1ccccc1O2. The van der Waals surface area contributed by atoms with Crippen LogP contribution in [0.3, 0.4) is 0 Å². The second kappa shape index (κ2) is 7.31. The first-order valence-corrected chi connectivity index (χ1v) is 9.14. The summed E-state index contributed by atoms with van der Waals surface area (Å²) in [5, 5.41) is 0. The third-order valence-electron chi connectivity index (χ3n) is 5.14. The van der Waals surface area contributed by atoms with Gasteiger partial charge in [-0.3, -0.25) is 9.59 Å². The maximum atomic E-state index is 13.4. The molecule has 3 aromatic carbocycles. The van der Waals surface area contributed by atoms with Crippen LogP contribution in [0.15, 0.2) is 72.8 Å². The second-order valence-corrected chi connectivity index (χ2v) is 6.84. The van der Waals surface area contributed by atoms with Gasteiger partial charge in [0.2, 0.25) is 0 Å². The van der Waals surface area contributed by atoms with Crippen LogP contribution in [0.1, 0.15) is 34.3 Å². The van der Waals surface area contributed by atoms with E-state index < -0.39 is 11.8 Å². The molecule has 4 heteroatoms. The van der Waals surface area contributed by atoms with E-state index in [0.717, 1.165) is 11.1 Å². The highest BCUT2D eigenvalue weighted by Gasteiger charge is 2.40. The minimum absolute atomic E-state index is 0.177. The fourth-order valence-corrected chi connectivity index (χ4v) is 3.82. The predicted octanol–water partition coefficient (Wildman–Crippen LogP) is 5.02. The zero-order valence-corrected chi connectivity index (χ0v) is 15.7. The van der Waals surface area contributed by atoms with Gasteiger partial charge in [0.25, 0.3) is 0 Å². The Morgan fingerprint density at radius 2 is 1.57 bits per heavy atom. The third-order valence-corrected chi connectivity index (χ3v) is 5.14. The first-order chi connectivity index (χ1) is 13.6. The van der Waals surface area contributed by atoms with Crippen molar-refractivity contribution in [2.45, 2.75) is 12.8 Å². The molecule has 0 radical (unpaired) electrons. The molecule has 0 amide bonds. The Hall–Kier alpha value is -3.40. The number of para-hydroxylation sites is 1. The van der Waals surface area contributed by atoms with E-state index in [1.807, 2.05) is 48.5 Å². The van der Waals surface area contributed by atoms with Gasteiger partial charge in [0.15, 0.2) is 5.78 Å². The normalized spacial score (nSPS) is 15.6. The molecule has 0 N–H and O–H groups in total. The summed E-state index contributed by atoms with van der Waals surface area (Å²) in [6, 6.07) is 22.0. The number of fused-ring (bicyclic) bond motifs is 2. The van der Waals surface area contributed by atoms with E-state index in [2.05, 4.69) is 0 Å². The number of hydrogen-bond donors (Lipinski definition) is 0. The second-order valence-electron chi connectivity index (χ2n) is 6.84. The molecular weight excluding hydrogens is 352 g/mol. The summed E-state index contributed by atoms with van der Waals surface area (Å²) in [6.07, 6.45) is 0. The molecule has 2 atom stereocenters. The Kier molecular flexibility index (Phi) is 4.70. The molecule has 0 aliphatic carbocycles. The van der Waals surface area contributed by atoms with Crippen molar-refractivity contribution >= 4 is 11.6 Å². The van der Waals surface area contributed by atoms with Gasteiger partial charge in [-0.2, -0.15) is 0 Å². The standard InChI is InChI=1S/C24H20O4/c1-15(25)22(24(26)16-8-4-3-5-9-16)23-18-10-6-7-11-20(18)28-21-13-12-17(27-2)14-19(21)23/h3-14,22-23H,1-2H3/t22-,23-/m1/s1. The quantitative estimate of drug-likeness (QED) is 0.466. The fraction of sp³-hybridized carbons (Fsp3) is 0.167. The van der Waals surface area contributed by atoms with E-state index in [1.54, 1.807) is 31.4 Å². The van der Waals surface area contributed by atoms with E-state index in [-0.39, 0.29) is 11.6 Å². The van der Waals surface area contributed by atoms with Gasteiger partial charge in [-0.05, 0) is 31.2 Å². The minimum Gasteiger partial charge on any atom is -0.497 e. The molecule has 140 valence electrons. The van der Waals surface area contributed by atoms with Crippen LogP contribution < -0.4 is 9.47 Å². The highest BCUT2D eigenvalue weighted by molar-refractivity contribution is 6.11. The molecule has 0 aromatic heterocycles. The number of benzene rings is 3. The van der Waals surface area contributed by atoms with Crippen LogP contribution in [-0.2, 0) is 4.79 Å². The summed E-state index contributed by atoms with van der Waals surface area (Å²) < 4.78 is 11.4. The Bertz CT molecular complexity index is 1040. The number of hydrogen-bond acceptors (Lipinski definition) is 4. The molecule has 0 bridgehead atoms. The van der Waals surface area contributed by atoms with Gasteiger partial charge in [-0.15, -0.1) is 0 Å². The smallest absolute Gasteiger partial charge is 0.174 e. The van der Waals surface area contributed by atoms with Crippen molar-refractivity contribution in [3.8, 4) is 17.2 Å². The van der Waals surface area contributed by atoms with E-state index in [1.165, 1.54) is 6.92 Å². The van der Waals surface area contributed by atoms with E-state index >= 15 is 0 Å². The van der Waals surface area contributed by atoms with Crippen molar-refractivity contribution in [3.05, 3.63) is 89.5 Å². The van der Waals surface area contributed by atoms with Gasteiger partial charge in [-0.25, -0.2) is 0 Å². The monoisotopic (exact) mass is 372 g/mol. The molecule has 0 fully saturated rings. The minimum atomic E-state index is -0.849. The fourth-order valence-electron chi connectivity index (χ4n) is 3.82. The van der Waals surface area contributed by atoms with E-state index in [4.69, 9.17) is 9.47 Å². The summed E-state index contributed by atoms with van der Waals surface area (Å²) in [7, 11) is 1.59. The number of ether oxygens (including phenoxy) is 2. The lowest BCUT2D eigenvalue weighted by Crippen LogP contribution is -2.31. The van der Waals surface area contributed by atoms with Crippen molar-refractivity contribution in [2.24, 2.45) is 5.92 Å². The highest BCUT2D eigenvalue weighted by Crippen LogP contribution is 2.49. The zero-order chi connectivity index (χ0) is 19.7. The average Bonchev–Trinajstić information content (AvgIpc) is 2.73. The van der Waals surface area contributed by atoms with Crippen LogP contribution in [-0.4, -0.2) is 18.7 Å². The maximum Gasteiger partial charge on any atom is 0.174 e. The highest BCUT2D eigenvalue weighted by atomic mass is 16.5. The maximum absolute atomic E-state index is 13.4. The number of ketones is 2. The predicted molar refractivity (Wildman–Crippen MR) is 106 cm³/mol. The number of rotatable bonds is 5. The van der Waals surface area contributed by atoms with Crippen molar-refractivity contribution in [3.63, 3.8) is 0 Å². The molecule has 1 heterocycles. The van der Waals surface area contributed by atoms with Crippen LogP contribution in [0.5, 0.6) is 17.2 Å². The summed E-state index contributed by atoms with van der Waals surface area (Å²) >= 11 is 0. The van der Waals surface area contributed by atoms with Crippen molar-refractivity contribution in [2.75, 3.05) is 7.11 Å². The van der Waals surface area contributed by atoms with Crippen LogP contribution in [0, 0.1) is 5.92 Å². The third kappa shape index (κ3) is 3.07. The molecule has 1 aliphatic heterocycles. The van der Waals surface area contributed by atoms with Gasteiger partial charge < -0.3 is 9.47 Å².